The molecule has 0 fully saturated rings. The van der Waals surface area contributed by atoms with Gasteiger partial charge in [0.2, 0.25) is 0 Å². The molecule has 0 atom stereocenters. The van der Waals surface area contributed by atoms with Crippen LogP contribution in [0, 0.1) is 20.2 Å². The number of amides is 1. The van der Waals surface area contributed by atoms with Gasteiger partial charge >= 0.3 is 0 Å². The van der Waals surface area contributed by atoms with E-state index in [-0.39, 0.29) is 10.7 Å². The summed E-state index contributed by atoms with van der Waals surface area (Å²) in [5, 5.41) is 26.9. The molecule has 0 spiro atoms. The van der Waals surface area contributed by atoms with Crippen LogP contribution in [0.5, 0.6) is 0 Å². The molecular formula is C16H14N4O5S. The number of rotatable bonds is 6. The lowest BCUT2D eigenvalue weighted by molar-refractivity contribution is -0.394. The second-order valence-electron chi connectivity index (χ2n) is 5.20. The van der Waals surface area contributed by atoms with Crippen LogP contribution in [-0.4, -0.2) is 27.4 Å². The van der Waals surface area contributed by atoms with Crippen LogP contribution >= 0.6 is 12.2 Å². The van der Waals surface area contributed by atoms with Crippen LogP contribution in [0.3, 0.4) is 0 Å². The second kappa shape index (κ2) is 8.62. The highest BCUT2D eigenvalue weighted by molar-refractivity contribution is 7.80. The Balaban J connectivity index is 1.99. The summed E-state index contributed by atoms with van der Waals surface area (Å²) in [5.74, 6) is -0.769. The molecule has 134 valence electrons. The highest BCUT2D eigenvalue weighted by Gasteiger charge is 2.20. The van der Waals surface area contributed by atoms with Crippen LogP contribution in [-0.2, 0) is 6.42 Å². The van der Waals surface area contributed by atoms with Crippen molar-refractivity contribution in [2.24, 2.45) is 0 Å². The minimum absolute atomic E-state index is 0.0279. The molecule has 1 amide bonds. The summed E-state index contributed by atoms with van der Waals surface area (Å²) in [5.41, 5.74) is -0.235. The summed E-state index contributed by atoms with van der Waals surface area (Å²) in [6.45, 7) is 0.470. The van der Waals surface area contributed by atoms with Gasteiger partial charge in [0.15, 0.2) is 5.11 Å². The first-order valence-electron chi connectivity index (χ1n) is 7.44. The molecule has 0 heterocycles. The van der Waals surface area contributed by atoms with Crippen molar-refractivity contribution in [1.29, 1.82) is 0 Å². The molecule has 0 unspecified atom stereocenters. The molecule has 2 rings (SSSR count). The van der Waals surface area contributed by atoms with Crippen molar-refractivity contribution < 1.29 is 14.6 Å². The van der Waals surface area contributed by atoms with E-state index >= 15 is 0 Å². The Bertz CT molecular complexity index is 825. The Labute approximate surface area is 153 Å². The molecule has 0 saturated heterocycles. The number of thiocarbonyl (C=S) groups is 1. The number of nitrogens with one attached hydrogen (secondary N) is 2. The van der Waals surface area contributed by atoms with Gasteiger partial charge in [-0.25, -0.2) is 0 Å². The van der Waals surface area contributed by atoms with Gasteiger partial charge in [0.1, 0.15) is 0 Å². The van der Waals surface area contributed by atoms with Gasteiger partial charge in [0.25, 0.3) is 17.3 Å². The van der Waals surface area contributed by atoms with Crippen LogP contribution in [0.15, 0.2) is 48.5 Å². The molecule has 10 heteroatoms. The van der Waals surface area contributed by atoms with Crippen LogP contribution in [0.25, 0.3) is 0 Å². The second-order valence-corrected chi connectivity index (χ2v) is 5.61. The molecule has 0 aliphatic carbocycles. The Morgan fingerprint density at radius 1 is 1.00 bits per heavy atom. The molecule has 2 aromatic rings. The van der Waals surface area contributed by atoms with E-state index in [0.717, 1.165) is 23.8 Å². The Hall–Kier alpha value is -3.40. The minimum Gasteiger partial charge on any atom is -0.362 e. The lowest BCUT2D eigenvalue weighted by Crippen LogP contribution is -2.40. The minimum atomic E-state index is -0.805. The topological polar surface area (TPSA) is 127 Å². The van der Waals surface area contributed by atoms with Gasteiger partial charge in [-0.3, -0.25) is 30.3 Å². The van der Waals surface area contributed by atoms with Gasteiger partial charge in [0, 0.05) is 18.7 Å². The molecule has 0 aromatic heterocycles. The smallest absolute Gasteiger partial charge is 0.277 e. The quantitative estimate of drug-likeness (QED) is 0.451. The summed E-state index contributed by atoms with van der Waals surface area (Å²) in [6.07, 6.45) is 0.680. The molecule has 2 N–H and O–H groups in total. The van der Waals surface area contributed by atoms with Crippen molar-refractivity contribution >= 4 is 34.6 Å². The lowest BCUT2D eigenvalue weighted by Gasteiger charge is -2.09. The molecular weight excluding hydrogens is 360 g/mol. The fourth-order valence-electron chi connectivity index (χ4n) is 2.12. The van der Waals surface area contributed by atoms with Gasteiger partial charge in [-0.15, -0.1) is 0 Å². The third-order valence-electron chi connectivity index (χ3n) is 3.36. The van der Waals surface area contributed by atoms with Crippen molar-refractivity contribution in [3.8, 4) is 0 Å². The maximum Gasteiger partial charge on any atom is 0.277 e. The van der Waals surface area contributed by atoms with E-state index in [1.54, 1.807) is 0 Å². The average Bonchev–Trinajstić information content (AvgIpc) is 2.62. The molecule has 0 bridgehead atoms. The number of non-ortho nitro benzene ring substituents is 2. The molecule has 0 aliphatic rings. The van der Waals surface area contributed by atoms with E-state index in [0.29, 0.717) is 13.0 Å². The summed E-state index contributed by atoms with van der Waals surface area (Å²) in [7, 11) is 0. The van der Waals surface area contributed by atoms with Crippen molar-refractivity contribution in [2.45, 2.75) is 6.42 Å². The van der Waals surface area contributed by atoms with E-state index in [1.165, 1.54) is 0 Å². The van der Waals surface area contributed by atoms with Gasteiger partial charge in [-0.1, -0.05) is 30.3 Å². The number of nitro groups is 2. The number of benzene rings is 2. The fourth-order valence-corrected chi connectivity index (χ4v) is 2.32. The summed E-state index contributed by atoms with van der Waals surface area (Å²) >= 11 is 5.00. The zero-order chi connectivity index (χ0) is 19.1. The van der Waals surface area contributed by atoms with Gasteiger partial charge in [-0.2, -0.15) is 0 Å². The fraction of sp³-hybridized carbons (Fsp3) is 0.125. The van der Waals surface area contributed by atoms with E-state index in [4.69, 9.17) is 12.2 Å². The molecule has 0 saturated carbocycles. The highest BCUT2D eigenvalue weighted by Crippen LogP contribution is 2.22. The third-order valence-corrected chi connectivity index (χ3v) is 3.60. The maximum atomic E-state index is 12.2. The van der Waals surface area contributed by atoms with E-state index in [1.807, 2.05) is 30.3 Å². The SMILES string of the molecule is O=C(NC(=S)NCCc1ccccc1)c1cc([N+](=O)[O-])cc([N+](=O)[O-])c1. The summed E-state index contributed by atoms with van der Waals surface area (Å²) < 4.78 is 0. The molecule has 0 aliphatic heterocycles. The van der Waals surface area contributed by atoms with Crippen LogP contribution in [0.1, 0.15) is 15.9 Å². The third kappa shape index (κ3) is 5.31. The number of carbonyl (C=O) groups is 1. The number of nitrogens with zero attached hydrogens (tertiary/aromatic N) is 2. The standard InChI is InChI=1S/C16H14N4O5S/c21-15(12-8-13(19(22)23)10-14(9-12)20(24)25)18-16(26)17-7-6-11-4-2-1-3-5-11/h1-5,8-10H,6-7H2,(H2,17,18,21,26). The predicted octanol–water partition coefficient (Wildman–Crippen LogP) is 2.35. The summed E-state index contributed by atoms with van der Waals surface area (Å²) in [6, 6.07) is 12.3. The zero-order valence-corrected chi connectivity index (χ0v) is 14.2. The first-order chi connectivity index (χ1) is 12.4. The normalized spacial score (nSPS) is 10.0. The Morgan fingerprint density at radius 3 is 2.12 bits per heavy atom. The molecule has 9 nitrogen and oxygen atoms in total. The first-order valence-corrected chi connectivity index (χ1v) is 7.84. The van der Waals surface area contributed by atoms with Crippen LogP contribution in [0.2, 0.25) is 0 Å². The van der Waals surface area contributed by atoms with Crippen molar-refractivity contribution in [3.05, 3.63) is 79.9 Å². The summed E-state index contributed by atoms with van der Waals surface area (Å²) in [4.78, 5) is 32.3. The van der Waals surface area contributed by atoms with E-state index < -0.39 is 27.1 Å². The molecule has 0 radical (unpaired) electrons. The molecule has 2 aromatic carbocycles. The van der Waals surface area contributed by atoms with Crippen molar-refractivity contribution in [3.63, 3.8) is 0 Å². The number of carbonyl (C=O) groups excluding carboxylic acids is 1. The lowest BCUT2D eigenvalue weighted by atomic mass is 10.1. The van der Waals surface area contributed by atoms with Gasteiger partial charge < -0.3 is 5.32 Å². The van der Waals surface area contributed by atoms with Crippen LogP contribution in [0.4, 0.5) is 11.4 Å². The Morgan fingerprint density at radius 2 is 1.58 bits per heavy atom. The first kappa shape index (κ1) is 18.9. The van der Waals surface area contributed by atoms with Gasteiger partial charge in [0.05, 0.1) is 21.5 Å². The highest BCUT2D eigenvalue weighted by atomic mass is 32.1. The van der Waals surface area contributed by atoms with E-state index in [9.17, 15) is 25.0 Å². The van der Waals surface area contributed by atoms with Crippen molar-refractivity contribution in [1.82, 2.24) is 10.6 Å². The molecule has 26 heavy (non-hydrogen) atoms. The largest absolute Gasteiger partial charge is 0.362 e. The zero-order valence-electron chi connectivity index (χ0n) is 13.4. The Kier molecular flexibility index (Phi) is 6.28. The monoisotopic (exact) mass is 374 g/mol. The number of hydrogen-bond donors (Lipinski definition) is 2. The van der Waals surface area contributed by atoms with Gasteiger partial charge in [-0.05, 0) is 24.2 Å². The average molecular weight is 374 g/mol. The number of nitro benzene ring substituents is 2. The van der Waals surface area contributed by atoms with Crippen LogP contribution < -0.4 is 10.6 Å². The number of hydrogen-bond acceptors (Lipinski definition) is 6. The predicted molar refractivity (Wildman–Crippen MR) is 98.0 cm³/mol. The van der Waals surface area contributed by atoms with E-state index in [2.05, 4.69) is 10.6 Å². The maximum absolute atomic E-state index is 12.2. The van der Waals surface area contributed by atoms with Crippen molar-refractivity contribution in [2.75, 3.05) is 6.54 Å².